The molecule has 0 amide bonds. The highest BCUT2D eigenvalue weighted by Gasteiger charge is 2.21. The van der Waals surface area contributed by atoms with Crippen molar-refractivity contribution < 1.29 is 4.74 Å². The van der Waals surface area contributed by atoms with Crippen LogP contribution < -0.4 is 4.74 Å². The van der Waals surface area contributed by atoms with Crippen molar-refractivity contribution in [3.05, 3.63) is 48.9 Å². The third kappa shape index (κ3) is 3.36. The zero-order chi connectivity index (χ0) is 12.8. The van der Waals surface area contributed by atoms with Crippen LogP contribution in [0.2, 0.25) is 0 Å². The lowest BCUT2D eigenvalue weighted by Gasteiger charge is -2.34. The van der Waals surface area contributed by atoms with Crippen LogP contribution in [0.5, 0.6) is 5.75 Å². The van der Waals surface area contributed by atoms with E-state index in [0.29, 0.717) is 6.04 Å². The first-order valence-electron chi connectivity index (χ1n) is 6.67. The van der Waals surface area contributed by atoms with Crippen molar-refractivity contribution in [1.82, 2.24) is 4.90 Å². The van der Waals surface area contributed by atoms with Gasteiger partial charge in [-0.3, -0.25) is 4.90 Å². The molecule has 0 N–H and O–H groups in total. The van der Waals surface area contributed by atoms with Crippen LogP contribution in [0.15, 0.2) is 36.9 Å². The van der Waals surface area contributed by atoms with E-state index < -0.39 is 0 Å². The summed E-state index contributed by atoms with van der Waals surface area (Å²) in [6.45, 7) is 6.00. The van der Waals surface area contributed by atoms with E-state index in [9.17, 15) is 0 Å². The van der Waals surface area contributed by atoms with Crippen LogP contribution in [0.3, 0.4) is 0 Å². The van der Waals surface area contributed by atoms with E-state index in [-0.39, 0.29) is 0 Å². The minimum atomic E-state index is 0.531. The highest BCUT2D eigenvalue weighted by molar-refractivity contribution is 5.34. The van der Waals surface area contributed by atoms with E-state index in [2.05, 4.69) is 30.0 Å². The number of nitrogens with zero attached hydrogens (tertiary/aromatic N) is 1. The molecule has 2 rings (SSSR count). The van der Waals surface area contributed by atoms with Crippen LogP contribution in [-0.2, 0) is 0 Å². The number of ether oxygens (including phenoxy) is 1. The molecule has 0 aliphatic carbocycles. The normalized spacial score (nSPS) is 20.6. The van der Waals surface area contributed by atoms with Crippen molar-refractivity contribution in [3.8, 4) is 5.75 Å². The fourth-order valence-electron chi connectivity index (χ4n) is 2.57. The van der Waals surface area contributed by atoms with E-state index >= 15 is 0 Å². The van der Waals surface area contributed by atoms with E-state index in [1.54, 1.807) is 7.11 Å². The quantitative estimate of drug-likeness (QED) is 0.737. The molecule has 1 aliphatic heterocycles. The smallest absolute Gasteiger partial charge is 0.119 e. The van der Waals surface area contributed by atoms with Crippen molar-refractivity contribution in [2.75, 3.05) is 20.2 Å². The standard InChI is InChI=1S/C16H22NO/c1-3-10-17-11-5-4-8-15(17)12-14-7-6-9-16(13-14)18-2/h3,6-7,9,12-13,15H,1,4-5,8,10-11H2,2H3/t15-/m0/s1. The van der Waals surface area contributed by atoms with Crippen LogP contribution in [-0.4, -0.2) is 31.1 Å². The predicted octanol–water partition coefficient (Wildman–Crippen LogP) is 3.29. The van der Waals surface area contributed by atoms with Gasteiger partial charge >= 0.3 is 0 Å². The van der Waals surface area contributed by atoms with Gasteiger partial charge in [0, 0.05) is 19.0 Å². The van der Waals surface area contributed by atoms with Crippen LogP contribution in [0.1, 0.15) is 24.8 Å². The van der Waals surface area contributed by atoms with Gasteiger partial charge in [0.1, 0.15) is 5.75 Å². The fraction of sp³-hybridized carbons (Fsp3) is 0.438. The summed E-state index contributed by atoms with van der Waals surface area (Å²) in [4.78, 5) is 2.50. The molecule has 1 aromatic carbocycles. The zero-order valence-corrected chi connectivity index (χ0v) is 11.1. The minimum absolute atomic E-state index is 0.531. The molecule has 1 atom stereocenters. The maximum atomic E-state index is 5.27. The Bertz CT molecular complexity index is 388. The Balaban J connectivity index is 2.03. The van der Waals surface area contributed by atoms with Gasteiger partial charge in [-0.15, -0.1) is 6.58 Å². The summed E-state index contributed by atoms with van der Waals surface area (Å²) < 4.78 is 5.27. The van der Waals surface area contributed by atoms with E-state index in [4.69, 9.17) is 4.74 Å². The molecule has 0 aromatic heterocycles. The number of benzene rings is 1. The molecule has 1 aromatic rings. The number of likely N-dealkylation sites (tertiary alicyclic amines) is 1. The van der Waals surface area contributed by atoms with Crippen molar-refractivity contribution in [3.63, 3.8) is 0 Å². The zero-order valence-electron chi connectivity index (χ0n) is 11.1. The van der Waals surface area contributed by atoms with Crippen LogP contribution in [0.4, 0.5) is 0 Å². The molecule has 1 saturated heterocycles. The summed E-state index contributed by atoms with van der Waals surface area (Å²) in [6.07, 6.45) is 8.21. The van der Waals surface area contributed by atoms with E-state index in [1.807, 2.05) is 18.2 Å². The van der Waals surface area contributed by atoms with Crippen LogP contribution in [0, 0.1) is 6.42 Å². The van der Waals surface area contributed by atoms with Crippen molar-refractivity contribution in [1.29, 1.82) is 0 Å². The van der Waals surface area contributed by atoms with Crippen molar-refractivity contribution >= 4 is 0 Å². The van der Waals surface area contributed by atoms with Gasteiger partial charge in [0.25, 0.3) is 0 Å². The minimum Gasteiger partial charge on any atom is -0.497 e. The fourth-order valence-corrected chi connectivity index (χ4v) is 2.57. The second-order valence-electron chi connectivity index (χ2n) is 4.79. The maximum Gasteiger partial charge on any atom is 0.119 e. The second-order valence-corrected chi connectivity index (χ2v) is 4.79. The van der Waals surface area contributed by atoms with Crippen molar-refractivity contribution in [2.45, 2.75) is 25.3 Å². The molecule has 1 aliphatic rings. The summed E-state index contributed by atoms with van der Waals surface area (Å²) in [5.74, 6) is 0.926. The molecule has 0 bridgehead atoms. The summed E-state index contributed by atoms with van der Waals surface area (Å²) in [5.41, 5.74) is 1.25. The Labute approximate surface area is 110 Å². The first kappa shape index (κ1) is 13.2. The molecule has 97 valence electrons. The Morgan fingerprint density at radius 2 is 2.33 bits per heavy atom. The highest BCUT2D eigenvalue weighted by Crippen LogP contribution is 2.23. The summed E-state index contributed by atoms with van der Waals surface area (Å²) in [7, 11) is 1.71. The average Bonchev–Trinajstić information content (AvgIpc) is 2.41. The molecule has 18 heavy (non-hydrogen) atoms. The van der Waals surface area contributed by atoms with Gasteiger partial charge in [-0.2, -0.15) is 0 Å². The first-order chi connectivity index (χ1) is 8.83. The largest absolute Gasteiger partial charge is 0.497 e. The molecule has 0 saturated carbocycles. The molecule has 2 nitrogen and oxygen atoms in total. The molecular weight excluding hydrogens is 222 g/mol. The lowest BCUT2D eigenvalue weighted by atomic mass is 9.95. The topological polar surface area (TPSA) is 12.5 Å². The highest BCUT2D eigenvalue weighted by atomic mass is 16.5. The molecule has 0 unspecified atom stereocenters. The summed E-state index contributed by atoms with van der Waals surface area (Å²) in [5, 5.41) is 0. The van der Waals surface area contributed by atoms with E-state index in [0.717, 1.165) is 12.3 Å². The third-order valence-corrected chi connectivity index (χ3v) is 3.51. The second kappa shape index (κ2) is 6.60. The van der Waals surface area contributed by atoms with Gasteiger partial charge in [0.15, 0.2) is 0 Å². The number of piperidine rings is 1. The number of hydrogen-bond acceptors (Lipinski definition) is 2. The Morgan fingerprint density at radius 3 is 3.11 bits per heavy atom. The summed E-state index contributed by atoms with van der Waals surface area (Å²) in [6, 6.07) is 8.80. The lowest BCUT2D eigenvalue weighted by molar-refractivity contribution is 0.190. The van der Waals surface area contributed by atoms with Gasteiger partial charge in [-0.1, -0.05) is 24.6 Å². The molecule has 1 fully saturated rings. The van der Waals surface area contributed by atoms with Gasteiger partial charge in [-0.25, -0.2) is 0 Å². The Kier molecular flexibility index (Phi) is 4.82. The predicted molar refractivity (Wildman–Crippen MR) is 75.8 cm³/mol. The Morgan fingerprint density at radius 1 is 1.44 bits per heavy atom. The van der Waals surface area contributed by atoms with Crippen LogP contribution >= 0.6 is 0 Å². The SMILES string of the molecule is C=CCN1CCCC[C@H]1[CH]c1cccc(OC)c1. The molecule has 2 heteroatoms. The molecule has 1 radical (unpaired) electrons. The molecular formula is C16H22NO. The summed E-state index contributed by atoms with van der Waals surface area (Å²) >= 11 is 0. The number of methoxy groups -OCH3 is 1. The van der Waals surface area contributed by atoms with Gasteiger partial charge in [0.2, 0.25) is 0 Å². The maximum absolute atomic E-state index is 5.27. The first-order valence-corrected chi connectivity index (χ1v) is 6.67. The number of rotatable bonds is 5. The van der Waals surface area contributed by atoms with Gasteiger partial charge < -0.3 is 4.74 Å². The average molecular weight is 244 g/mol. The monoisotopic (exact) mass is 244 g/mol. The van der Waals surface area contributed by atoms with Crippen LogP contribution in [0.25, 0.3) is 0 Å². The lowest BCUT2D eigenvalue weighted by Crippen LogP contribution is -2.39. The molecule has 1 heterocycles. The third-order valence-electron chi connectivity index (χ3n) is 3.51. The molecule has 0 spiro atoms. The van der Waals surface area contributed by atoms with E-state index in [1.165, 1.54) is 31.4 Å². The number of hydrogen-bond donors (Lipinski definition) is 0. The van der Waals surface area contributed by atoms with Gasteiger partial charge in [0.05, 0.1) is 7.11 Å². The van der Waals surface area contributed by atoms with Gasteiger partial charge in [-0.05, 0) is 37.1 Å². The Hall–Kier alpha value is -1.28. The van der Waals surface area contributed by atoms with Crippen molar-refractivity contribution in [2.24, 2.45) is 0 Å².